The van der Waals surface area contributed by atoms with Crippen molar-refractivity contribution in [2.45, 2.75) is 33.3 Å². The summed E-state index contributed by atoms with van der Waals surface area (Å²) in [4.78, 5) is 0. The van der Waals surface area contributed by atoms with Gasteiger partial charge < -0.3 is 5.11 Å². The number of benzene rings is 1. The van der Waals surface area contributed by atoms with Crippen LogP contribution in [0.1, 0.15) is 26.3 Å². The molecule has 0 aliphatic rings. The predicted molar refractivity (Wildman–Crippen MR) is 65.6 cm³/mol. The number of rotatable bonds is 2. The molecule has 0 saturated heterocycles. The first kappa shape index (κ1) is 12.8. The van der Waals surface area contributed by atoms with Gasteiger partial charge in [-0.25, -0.2) is 0 Å². The van der Waals surface area contributed by atoms with Crippen LogP contribution in [-0.2, 0) is 6.42 Å². The zero-order valence-electron chi connectivity index (χ0n) is 9.22. The highest BCUT2D eigenvalue weighted by atomic mass is 35.5. The topological polar surface area (TPSA) is 20.2 Å². The summed E-state index contributed by atoms with van der Waals surface area (Å²) in [7, 11) is 0. The molecule has 0 heterocycles. The molecule has 1 rings (SSSR count). The van der Waals surface area contributed by atoms with Crippen molar-refractivity contribution in [1.29, 1.82) is 0 Å². The van der Waals surface area contributed by atoms with Crippen LogP contribution >= 0.6 is 23.2 Å². The molecular weight excluding hydrogens is 231 g/mol. The Bertz CT molecular complexity index is 322. The Kier molecular flexibility index (Phi) is 4.05. The first-order valence-corrected chi connectivity index (χ1v) is 5.69. The molecule has 0 aromatic heterocycles. The van der Waals surface area contributed by atoms with Gasteiger partial charge in [0.1, 0.15) is 0 Å². The summed E-state index contributed by atoms with van der Waals surface area (Å²) in [6, 6.07) is 5.38. The van der Waals surface area contributed by atoms with Crippen molar-refractivity contribution >= 4 is 23.2 Å². The average molecular weight is 247 g/mol. The minimum absolute atomic E-state index is 0.164. The standard InChI is InChI=1S/C12H16Cl2O/c1-12(2,3)11(15)7-8-9(13)5-4-6-10(8)14/h4-6,11,15H,7H2,1-3H3. The van der Waals surface area contributed by atoms with Gasteiger partial charge in [0.15, 0.2) is 0 Å². The fraction of sp³-hybridized carbons (Fsp3) is 0.500. The first-order chi connectivity index (χ1) is 6.82. The Labute approximate surface area is 101 Å². The molecule has 0 spiro atoms. The van der Waals surface area contributed by atoms with Crippen LogP contribution in [0.4, 0.5) is 0 Å². The molecule has 3 heteroatoms. The highest BCUT2D eigenvalue weighted by Gasteiger charge is 2.23. The van der Waals surface area contributed by atoms with E-state index < -0.39 is 6.10 Å². The van der Waals surface area contributed by atoms with E-state index in [1.165, 1.54) is 0 Å². The van der Waals surface area contributed by atoms with Crippen molar-refractivity contribution in [2.24, 2.45) is 5.41 Å². The summed E-state index contributed by atoms with van der Waals surface area (Å²) < 4.78 is 0. The normalized spacial score (nSPS) is 14.0. The van der Waals surface area contributed by atoms with E-state index in [1.54, 1.807) is 18.2 Å². The lowest BCUT2D eigenvalue weighted by molar-refractivity contribution is 0.0636. The maximum Gasteiger partial charge on any atom is 0.0629 e. The molecule has 0 aliphatic heterocycles. The second kappa shape index (κ2) is 4.73. The minimum atomic E-state index is -0.449. The summed E-state index contributed by atoms with van der Waals surface area (Å²) in [6.07, 6.45) is 0.0389. The van der Waals surface area contributed by atoms with Gasteiger partial charge in [-0.3, -0.25) is 0 Å². The fourth-order valence-electron chi connectivity index (χ4n) is 1.23. The van der Waals surface area contributed by atoms with Crippen molar-refractivity contribution in [3.63, 3.8) is 0 Å². The SMILES string of the molecule is CC(C)(C)C(O)Cc1c(Cl)cccc1Cl. The van der Waals surface area contributed by atoms with Gasteiger partial charge in [0, 0.05) is 16.5 Å². The maximum absolute atomic E-state index is 9.97. The van der Waals surface area contributed by atoms with E-state index in [-0.39, 0.29) is 5.41 Å². The number of halogens is 2. The Hall–Kier alpha value is -0.240. The van der Waals surface area contributed by atoms with Gasteiger partial charge in [0.05, 0.1) is 6.10 Å². The van der Waals surface area contributed by atoms with Crippen molar-refractivity contribution in [3.05, 3.63) is 33.8 Å². The van der Waals surface area contributed by atoms with E-state index in [1.807, 2.05) is 20.8 Å². The fourth-order valence-corrected chi connectivity index (χ4v) is 1.78. The highest BCUT2D eigenvalue weighted by Crippen LogP contribution is 2.29. The third kappa shape index (κ3) is 3.37. The summed E-state index contributed by atoms with van der Waals surface area (Å²) in [5.74, 6) is 0. The Balaban J connectivity index is 2.90. The Morgan fingerprint density at radius 3 is 2.07 bits per heavy atom. The second-order valence-electron chi connectivity index (χ2n) is 4.79. The van der Waals surface area contributed by atoms with Gasteiger partial charge in [0.2, 0.25) is 0 Å². The lowest BCUT2D eigenvalue weighted by atomic mass is 9.85. The smallest absolute Gasteiger partial charge is 0.0629 e. The van der Waals surface area contributed by atoms with Crippen LogP contribution < -0.4 is 0 Å². The second-order valence-corrected chi connectivity index (χ2v) is 5.60. The molecule has 0 aliphatic carbocycles. The maximum atomic E-state index is 9.97. The Morgan fingerprint density at radius 1 is 1.20 bits per heavy atom. The van der Waals surface area contributed by atoms with Gasteiger partial charge in [-0.15, -0.1) is 0 Å². The summed E-state index contributed by atoms with van der Waals surface area (Å²) in [5.41, 5.74) is 0.658. The lowest BCUT2D eigenvalue weighted by Crippen LogP contribution is -2.28. The van der Waals surface area contributed by atoms with E-state index in [0.717, 1.165) is 5.56 Å². The van der Waals surface area contributed by atoms with E-state index in [4.69, 9.17) is 23.2 Å². The molecule has 0 saturated carbocycles. The van der Waals surface area contributed by atoms with Crippen LogP contribution in [0.3, 0.4) is 0 Å². The van der Waals surface area contributed by atoms with Crippen LogP contribution in [-0.4, -0.2) is 11.2 Å². The molecule has 0 amide bonds. The van der Waals surface area contributed by atoms with Crippen LogP contribution in [0, 0.1) is 5.41 Å². The molecule has 1 nitrogen and oxygen atoms in total. The minimum Gasteiger partial charge on any atom is -0.392 e. The quantitative estimate of drug-likeness (QED) is 0.839. The van der Waals surface area contributed by atoms with E-state index in [0.29, 0.717) is 16.5 Å². The average Bonchev–Trinajstić information content (AvgIpc) is 2.09. The van der Waals surface area contributed by atoms with Crippen LogP contribution in [0.2, 0.25) is 10.0 Å². The molecule has 0 bridgehead atoms. The number of hydrogen-bond acceptors (Lipinski definition) is 1. The molecular formula is C12H16Cl2O. The Morgan fingerprint density at radius 2 is 1.67 bits per heavy atom. The predicted octanol–water partition coefficient (Wildman–Crippen LogP) is 3.94. The number of aliphatic hydroxyl groups is 1. The van der Waals surface area contributed by atoms with Gasteiger partial charge >= 0.3 is 0 Å². The van der Waals surface area contributed by atoms with Gasteiger partial charge in [-0.05, 0) is 23.1 Å². The number of hydrogen-bond donors (Lipinski definition) is 1. The van der Waals surface area contributed by atoms with Crippen molar-refractivity contribution < 1.29 is 5.11 Å². The van der Waals surface area contributed by atoms with Crippen molar-refractivity contribution in [2.75, 3.05) is 0 Å². The molecule has 84 valence electrons. The summed E-state index contributed by atoms with van der Waals surface area (Å²) in [5, 5.41) is 11.2. The van der Waals surface area contributed by atoms with Gasteiger partial charge in [-0.2, -0.15) is 0 Å². The largest absolute Gasteiger partial charge is 0.392 e. The van der Waals surface area contributed by atoms with E-state index in [2.05, 4.69) is 0 Å². The molecule has 1 aromatic rings. The van der Waals surface area contributed by atoms with Gasteiger partial charge in [0.25, 0.3) is 0 Å². The third-order valence-electron chi connectivity index (χ3n) is 2.46. The molecule has 0 fully saturated rings. The van der Waals surface area contributed by atoms with Crippen molar-refractivity contribution in [3.8, 4) is 0 Å². The molecule has 1 unspecified atom stereocenters. The number of aliphatic hydroxyl groups excluding tert-OH is 1. The van der Waals surface area contributed by atoms with Crippen LogP contribution in [0.5, 0.6) is 0 Å². The van der Waals surface area contributed by atoms with Gasteiger partial charge in [-0.1, -0.05) is 50.0 Å². The molecule has 1 N–H and O–H groups in total. The van der Waals surface area contributed by atoms with Crippen LogP contribution in [0.15, 0.2) is 18.2 Å². The first-order valence-electron chi connectivity index (χ1n) is 4.93. The highest BCUT2D eigenvalue weighted by molar-refractivity contribution is 6.35. The summed E-state index contributed by atoms with van der Waals surface area (Å²) in [6.45, 7) is 5.97. The van der Waals surface area contributed by atoms with E-state index >= 15 is 0 Å². The zero-order chi connectivity index (χ0) is 11.6. The molecule has 1 atom stereocenters. The summed E-state index contributed by atoms with van der Waals surface area (Å²) >= 11 is 12.1. The monoisotopic (exact) mass is 246 g/mol. The molecule has 0 radical (unpaired) electrons. The lowest BCUT2D eigenvalue weighted by Gasteiger charge is -2.26. The molecule has 15 heavy (non-hydrogen) atoms. The van der Waals surface area contributed by atoms with Crippen molar-refractivity contribution in [1.82, 2.24) is 0 Å². The van der Waals surface area contributed by atoms with E-state index in [9.17, 15) is 5.11 Å². The third-order valence-corrected chi connectivity index (χ3v) is 3.17. The zero-order valence-corrected chi connectivity index (χ0v) is 10.7. The molecule has 1 aromatic carbocycles. The van der Waals surface area contributed by atoms with Crippen LogP contribution in [0.25, 0.3) is 0 Å².